The minimum Gasteiger partial charge on any atom is -0.504 e. The van der Waals surface area contributed by atoms with E-state index in [1.54, 1.807) is 13.0 Å². The van der Waals surface area contributed by atoms with E-state index in [2.05, 4.69) is 20.7 Å². The van der Waals surface area contributed by atoms with Crippen LogP contribution in [0.3, 0.4) is 0 Å². The number of hydrogen-bond acceptors (Lipinski definition) is 7. The van der Waals surface area contributed by atoms with Crippen molar-refractivity contribution in [3.8, 4) is 11.5 Å². The molecule has 134 valence electrons. The van der Waals surface area contributed by atoms with Crippen LogP contribution in [0.5, 0.6) is 11.5 Å². The van der Waals surface area contributed by atoms with Crippen LogP contribution in [0.15, 0.2) is 21.5 Å². The summed E-state index contributed by atoms with van der Waals surface area (Å²) in [4.78, 5) is 37.2. The fourth-order valence-corrected chi connectivity index (χ4v) is 3.52. The monoisotopic (exact) mass is 429 g/mol. The standard InChI is InChI=1S/C16H16BrNO6S/c1-4-24-12-5-9(10(17)7-11(12)19)6-13-14(20)18(16(22)25-13)8(2)15(21)23-3/h5-8,19H,4H2,1-3H3/b13-6+/t8-/m0/s1. The molecule has 0 radical (unpaired) electrons. The first-order chi connectivity index (χ1) is 11.8. The summed E-state index contributed by atoms with van der Waals surface area (Å²) in [7, 11) is 1.19. The Kier molecular flexibility index (Phi) is 6.12. The van der Waals surface area contributed by atoms with Crippen LogP contribution in [-0.4, -0.2) is 46.9 Å². The molecule has 1 atom stereocenters. The van der Waals surface area contributed by atoms with Gasteiger partial charge in [0.2, 0.25) is 0 Å². The second-order valence-electron chi connectivity index (χ2n) is 5.03. The summed E-state index contributed by atoms with van der Waals surface area (Å²) in [5.74, 6) is -1.03. The van der Waals surface area contributed by atoms with E-state index in [4.69, 9.17) is 4.74 Å². The number of amides is 2. The summed E-state index contributed by atoms with van der Waals surface area (Å²) in [6.45, 7) is 3.57. The first kappa shape index (κ1) is 19.3. The highest BCUT2D eigenvalue weighted by Gasteiger charge is 2.41. The Hall–Kier alpha value is -2.00. The maximum atomic E-state index is 12.5. The Bertz CT molecular complexity index is 763. The number of esters is 1. The SMILES string of the molecule is CCOc1cc(/C=C2/SC(=O)N([C@@H](C)C(=O)OC)C2=O)c(Br)cc1O. The van der Waals surface area contributed by atoms with Gasteiger partial charge < -0.3 is 14.6 Å². The number of carbonyl (C=O) groups is 3. The van der Waals surface area contributed by atoms with Gasteiger partial charge >= 0.3 is 5.97 Å². The Morgan fingerprint density at radius 1 is 1.44 bits per heavy atom. The Balaban J connectivity index is 2.36. The molecular formula is C16H16BrNO6S. The third-order valence-corrected chi connectivity index (χ3v) is 4.99. The van der Waals surface area contributed by atoms with Gasteiger partial charge in [0.05, 0.1) is 18.6 Å². The minimum atomic E-state index is -1.01. The molecule has 0 aromatic heterocycles. The number of hydrogen-bond donors (Lipinski definition) is 1. The number of rotatable bonds is 5. The number of imide groups is 1. The van der Waals surface area contributed by atoms with Crippen LogP contribution in [0, 0.1) is 0 Å². The van der Waals surface area contributed by atoms with Crippen molar-refractivity contribution in [2.24, 2.45) is 0 Å². The molecule has 0 bridgehead atoms. The molecule has 7 nitrogen and oxygen atoms in total. The summed E-state index contributed by atoms with van der Waals surface area (Å²) in [5, 5.41) is 9.30. The first-order valence-corrected chi connectivity index (χ1v) is 8.91. The van der Waals surface area contributed by atoms with Gasteiger partial charge in [0, 0.05) is 4.47 Å². The predicted molar refractivity (Wildman–Crippen MR) is 96.3 cm³/mol. The molecule has 9 heteroatoms. The Labute approximate surface area is 157 Å². The van der Waals surface area contributed by atoms with E-state index in [1.807, 2.05) is 0 Å². The molecule has 1 N–H and O–H groups in total. The van der Waals surface area contributed by atoms with Gasteiger partial charge in [-0.1, -0.05) is 15.9 Å². The van der Waals surface area contributed by atoms with Crippen molar-refractivity contribution < 1.29 is 29.0 Å². The number of phenols is 1. The van der Waals surface area contributed by atoms with E-state index in [1.165, 1.54) is 26.2 Å². The van der Waals surface area contributed by atoms with Gasteiger partial charge in [-0.15, -0.1) is 0 Å². The predicted octanol–water partition coefficient (Wildman–Crippen LogP) is 3.15. The molecule has 1 fully saturated rings. The average molecular weight is 430 g/mol. The molecule has 1 aliphatic heterocycles. The Morgan fingerprint density at radius 2 is 2.12 bits per heavy atom. The summed E-state index contributed by atoms with van der Waals surface area (Å²) < 4.78 is 10.4. The zero-order valence-corrected chi connectivity index (χ0v) is 16.1. The van der Waals surface area contributed by atoms with Gasteiger partial charge in [-0.2, -0.15) is 0 Å². The van der Waals surface area contributed by atoms with Crippen molar-refractivity contribution in [2.45, 2.75) is 19.9 Å². The smallest absolute Gasteiger partial charge is 0.328 e. The lowest BCUT2D eigenvalue weighted by atomic mass is 10.1. The van der Waals surface area contributed by atoms with E-state index in [0.29, 0.717) is 16.6 Å². The van der Waals surface area contributed by atoms with Gasteiger partial charge in [0.25, 0.3) is 11.1 Å². The maximum Gasteiger partial charge on any atom is 0.328 e. The summed E-state index contributed by atoms with van der Waals surface area (Å²) in [5.41, 5.74) is 0.553. The molecule has 2 rings (SSSR count). The zero-order valence-electron chi connectivity index (χ0n) is 13.7. The number of phenolic OH excluding ortho intramolecular Hbond substituents is 1. The highest BCUT2D eigenvalue weighted by Crippen LogP contribution is 2.38. The van der Waals surface area contributed by atoms with Gasteiger partial charge in [0.1, 0.15) is 6.04 Å². The molecule has 1 heterocycles. The van der Waals surface area contributed by atoms with Crippen LogP contribution >= 0.6 is 27.7 Å². The van der Waals surface area contributed by atoms with E-state index < -0.39 is 23.2 Å². The lowest BCUT2D eigenvalue weighted by Gasteiger charge is -2.18. The zero-order chi connectivity index (χ0) is 18.7. The highest BCUT2D eigenvalue weighted by molar-refractivity contribution is 9.10. The third-order valence-electron chi connectivity index (χ3n) is 3.42. The molecule has 1 aliphatic rings. The van der Waals surface area contributed by atoms with Gasteiger partial charge in [0.15, 0.2) is 11.5 Å². The molecule has 0 aliphatic carbocycles. The van der Waals surface area contributed by atoms with Crippen LogP contribution in [0.1, 0.15) is 19.4 Å². The number of halogens is 1. The van der Waals surface area contributed by atoms with Crippen molar-refractivity contribution >= 4 is 50.9 Å². The summed E-state index contributed by atoms with van der Waals surface area (Å²) in [6, 6.07) is 1.99. The first-order valence-electron chi connectivity index (χ1n) is 7.30. The van der Waals surface area contributed by atoms with Crippen LogP contribution < -0.4 is 4.74 Å². The van der Waals surface area contributed by atoms with Crippen molar-refractivity contribution in [1.29, 1.82) is 0 Å². The molecule has 0 saturated carbocycles. The fourth-order valence-electron chi connectivity index (χ4n) is 2.17. The van der Waals surface area contributed by atoms with Gasteiger partial charge in [-0.3, -0.25) is 14.5 Å². The molecule has 25 heavy (non-hydrogen) atoms. The number of ether oxygens (including phenoxy) is 2. The fraction of sp³-hybridized carbons (Fsp3) is 0.312. The summed E-state index contributed by atoms with van der Waals surface area (Å²) >= 11 is 4.03. The van der Waals surface area contributed by atoms with E-state index in [-0.39, 0.29) is 16.4 Å². The average Bonchev–Trinajstić information content (AvgIpc) is 2.84. The van der Waals surface area contributed by atoms with Crippen LogP contribution in [0.2, 0.25) is 0 Å². The van der Waals surface area contributed by atoms with Gasteiger partial charge in [-0.25, -0.2) is 4.79 Å². The minimum absolute atomic E-state index is 0.0432. The topological polar surface area (TPSA) is 93.1 Å². The summed E-state index contributed by atoms with van der Waals surface area (Å²) in [6.07, 6.45) is 1.50. The number of thioether (sulfide) groups is 1. The second-order valence-corrected chi connectivity index (χ2v) is 6.87. The molecule has 0 spiro atoms. The van der Waals surface area contributed by atoms with Crippen molar-refractivity contribution in [3.63, 3.8) is 0 Å². The van der Waals surface area contributed by atoms with Crippen molar-refractivity contribution in [3.05, 3.63) is 27.1 Å². The quantitative estimate of drug-likeness (QED) is 0.567. The highest BCUT2D eigenvalue weighted by atomic mass is 79.9. The third kappa shape index (κ3) is 3.98. The van der Waals surface area contributed by atoms with Gasteiger partial charge in [-0.05, 0) is 49.4 Å². The molecule has 1 aromatic carbocycles. The Morgan fingerprint density at radius 3 is 2.72 bits per heavy atom. The van der Waals surface area contributed by atoms with E-state index in [9.17, 15) is 19.5 Å². The largest absolute Gasteiger partial charge is 0.504 e. The molecule has 1 saturated heterocycles. The number of nitrogens with zero attached hydrogens (tertiary/aromatic N) is 1. The van der Waals surface area contributed by atoms with Crippen molar-refractivity contribution in [1.82, 2.24) is 4.90 Å². The maximum absolute atomic E-state index is 12.5. The van der Waals surface area contributed by atoms with Crippen molar-refractivity contribution in [2.75, 3.05) is 13.7 Å². The normalized spacial score (nSPS) is 17.1. The van der Waals surface area contributed by atoms with Crippen LogP contribution in [-0.2, 0) is 14.3 Å². The van der Waals surface area contributed by atoms with Crippen LogP contribution in [0.25, 0.3) is 6.08 Å². The number of methoxy groups -OCH3 is 1. The molecule has 1 aromatic rings. The lowest BCUT2D eigenvalue weighted by molar-refractivity contribution is -0.148. The number of benzene rings is 1. The number of aromatic hydroxyl groups is 1. The molecule has 0 unspecified atom stereocenters. The van der Waals surface area contributed by atoms with E-state index >= 15 is 0 Å². The van der Waals surface area contributed by atoms with E-state index in [0.717, 1.165) is 16.7 Å². The molecule has 2 amide bonds. The lowest BCUT2D eigenvalue weighted by Crippen LogP contribution is -2.42. The second kappa shape index (κ2) is 7.92. The molecular weight excluding hydrogens is 414 g/mol. The number of carbonyl (C=O) groups excluding carboxylic acids is 3. The van der Waals surface area contributed by atoms with Crippen LogP contribution in [0.4, 0.5) is 4.79 Å².